The van der Waals surface area contributed by atoms with Crippen LogP contribution in [0.3, 0.4) is 0 Å². The number of unbranched alkanes of at least 4 members (excludes halogenated alkanes) is 10. The zero-order valence-corrected chi connectivity index (χ0v) is 12.9. The molecule has 0 aromatic heterocycles. The van der Waals surface area contributed by atoms with E-state index in [9.17, 15) is 0 Å². The second-order valence-corrected chi connectivity index (χ2v) is 4.60. The van der Waals surface area contributed by atoms with E-state index in [4.69, 9.17) is 6.65 Å². The first-order chi connectivity index (χ1) is 8.33. The molecule has 0 amide bonds. The van der Waals surface area contributed by atoms with Crippen LogP contribution in [-0.4, -0.2) is 0 Å². The van der Waals surface area contributed by atoms with Crippen molar-refractivity contribution in [2.24, 2.45) is 0 Å². The van der Waals surface area contributed by atoms with Crippen molar-refractivity contribution in [3.63, 3.8) is 0 Å². The maximum absolute atomic E-state index is 8.50. The van der Waals surface area contributed by atoms with Gasteiger partial charge in [-0.25, -0.2) is 0 Å². The quantitative estimate of drug-likeness (QED) is 0.293. The molecule has 0 atom stereocenters. The standard InChI is InChI=1S/C14H28.2O.Ti/c1-3-5-7-9-11-13-14-12-10-8-6-4-2;;;/h3H,1,4-14H2,2H3;;;. The van der Waals surface area contributed by atoms with Gasteiger partial charge in [-0.3, -0.25) is 0 Å². The molecule has 0 unspecified atom stereocenters. The average Bonchev–Trinajstić information content (AvgIpc) is 2.33. The third-order valence-electron chi connectivity index (χ3n) is 2.76. The number of allylic oxidation sites excluding steroid dienone is 1. The SMILES string of the molecule is C=CCCCCCCCCCCCC.[O]=[Ti]=[O]. The summed E-state index contributed by atoms with van der Waals surface area (Å²) >= 11 is -2.00. The van der Waals surface area contributed by atoms with E-state index in [0.29, 0.717) is 0 Å². The Morgan fingerprint density at radius 2 is 1.18 bits per heavy atom. The summed E-state index contributed by atoms with van der Waals surface area (Å²) in [4.78, 5) is 0. The van der Waals surface area contributed by atoms with Crippen molar-refractivity contribution in [1.29, 1.82) is 0 Å². The Hall–Kier alpha value is 0.0543. The molecule has 3 heteroatoms. The summed E-state index contributed by atoms with van der Waals surface area (Å²) in [7, 11) is 0. The first-order valence-electron chi connectivity index (χ1n) is 6.93. The minimum atomic E-state index is -2.00. The Morgan fingerprint density at radius 1 is 0.824 bits per heavy atom. The molecule has 0 aromatic rings. The van der Waals surface area contributed by atoms with Crippen molar-refractivity contribution in [2.75, 3.05) is 0 Å². The molecule has 2 nitrogen and oxygen atoms in total. The summed E-state index contributed by atoms with van der Waals surface area (Å²) in [5.41, 5.74) is 0. The van der Waals surface area contributed by atoms with Crippen LogP contribution in [0, 0.1) is 0 Å². The zero-order chi connectivity index (χ0) is 13.2. The molecule has 0 fully saturated rings. The molecule has 17 heavy (non-hydrogen) atoms. The van der Waals surface area contributed by atoms with E-state index in [1.165, 1.54) is 70.6 Å². The minimum absolute atomic E-state index is 1.20. The Balaban J connectivity index is 0. The van der Waals surface area contributed by atoms with Gasteiger partial charge in [0.1, 0.15) is 0 Å². The van der Waals surface area contributed by atoms with Crippen molar-refractivity contribution >= 4 is 0 Å². The van der Waals surface area contributed by atoms with Crippen molar-refractivity contribution in [1.82, 2.24) is 0 Å². The Kier molecular flexibility index (Phi) is 24.4. The number of rotatable bonds is 11. The Morgan fingerprint density at radius 3 is 1.53 bits per heavy atom. The van der Waals surface area contributed by atoms with E-state index in [0.717, 1.165) is 0 Å². The van der Waals surface area contributed by atoms with Crippen LogP contribution in [0.4, 0.5) is 0 Å². The molecule has 0 spiro atoms. The summed E-state index contributed by atoms with van der Waals surface area (Å²) in [5.74, 6) is 0. The van der Waals surface area contributed by atoms with E-state index in [-0.39, 0.29) is 0 Å². The van der Waals surface area contributed by atoms with Crippen LogP contribution in [0.15, 0.2) is 12.7 Å². The molecule has 0 aliphatic rings. The zero-order valence-electron chi connectivity index (χ0n) is 11.4. The summed E-state index contributed by atoms with van der Waals surface area (Å²) < 4.78 is 17.0. The van der Waals surface area contributed by atoms with Gasteiger partial charge in [0.05, 0.1) is 0 Å². The molecule has 0 bridgehead atoms. The normalized spacial score (nSPS) is 9.00. The second-order valence-electron chi connectivity index (χ2n) is 4.34. The van der Waals surface area contributed by atoms with E-state index >= 15 is 0 Å². The number of hydrogen-bond acceptors (Lipinski definition) is 2. The van der Waals surface area contributed by atoms with E-state index in [2.05, 4.69) is 13.5 Å². The predicted octanol–water partition coefficient (Wildman–Crippen LogP) is 5.24. The van der Waals surface area contributed by atoms with Gasteiger partial charge < -0.3 is 0 Å². The van der Waals surface area contributed by atoms with E-state index in [1.54, 1.807) is 0 Å². The van der Waals surface area contributed by atoms with Crippen molar-refractivity contribution in [3.05, 3.63) is 12.7 Å². The molecule has 0 aliphatic carbocycles. The molecule has 0 saturated heterocycles. The molecular weight excluding hydrogens is 248 g/mol. The summed E-state index contributed by atoms with van der Waals surface area (Å²) in [6.07, 6.45) is 17.5. The summed E-state index contributed by atoms with van der Waals surface area (Å²) in [6, 6.07) is 0. The van der Waals surface area contributed by atoms with Gasteiger partial charge in [0, 0.05) is 0 Å². The number of hydrogen-bond donors (Lipinski definition) is 0. The second kappa shape index (κ2) is 21.4. The fourth-order valence-electron chi connectivity index (χ4n) is 1.78. The molecule has 100 valence electrons. The monoisotopic (exact) mass is 276 g/mol. The third-order valence-corrected chi connectivity index (χ3v) is 2.76. The molecule has 0 saturated carbocycles. The van der Waals surface area contributed by atoms with Crippen LogP contribution in [0.25, 0.3) is 0 Å². The molecule has 0 heterocycles. The first kappa shape index (κ1) is 19.4. The van der Waals surface area contributed by atoms with Crippen LogP contribution in [0.1, 0.15) is 77.6 Å². The summed E-state index contributed by atoms with van der Waals surface area (Å²) in [6.45, 7) is 6.01. The van der Waals surface area contributed by atoms with Crippen LogP contribution < -0.4 is 0 Å². The van der Waals surface area contributed by atoms with Gasteiger partial charge in [-0.05, 0) is 12.8 Å². The maximum atomic E-state index is 8.50. The Labute approximate surface area is 116 Å². The van der Waals surface area contributed by atoms with Gasteiger partial charge in [-0.2, -0.15) is 0 Å². The van der Waals surface area contributed by atoms with Crippen LogP contribution >= 0.6 is 0 Å². The van der Waals surface area contributed by atoms with Gasteiger partial charge in [-0.1, -0.05) is 70.8 Å². The van der Waals surface area contributed by atoms with Gasteiger partial charge in [0.15, 0.2) is 0 Å². The topological polar surface area (TPSA) is 34.1 Å². The van der Waals surface area contributed by atoms with Crippen LogP contribution in [0.5, 0.6) is 0 Å². The van der Waals surface area contributed by atoms with E-state index < -0.39 is 19.1 Å². The van der Waals surface area contributed by atoms with Crippen LogP contribution in [-0.2, 0) is 25.7 Å². The predicted molar refractivity (Wildman–Crippen MR) is 68.0 cm³/mol. The van der Waals surface area contributed by atoms with Gasteiger partial charge in [0.2, 0.25) is 0 Å². The molecule has 0 rings (SSSR count). The molecule has 0 aromatic carbocycles. The molecule has 0 aliphatic heterocycles. The summed E-state index contributed by atoms with van der Waals surface area (Å²) in [5, 5.41) is 0. The van der Waals surface area contributed by atoms with Crippen molar-refractivity contribution in [3.8, 4) is 0 Å². The Bertz CT molecular complexity index is 175. The van der Waals surface area contributed by atoms with Crippen LogP contribution in [0.2, 0.25) is 0 Å². The van der Waals surface area contributed by atoms with Gasteiger partial charge in [-0.15, -0.1) is 6.58 Å². The fraction of sp³-hybridized carbons (Fsp3) is 0.857. The van der Waals surface area contributed by atoms with Crippen molar-refractivity contribution in [2.45, 2.75) is 77.6 Å². The third kappa shape index (κ3) is 26.0. The first-order valence-corrected chi connectivity index (χ1v) is 8.21. The molecule has 0 radical (unpaired) electrons. The van der Waals surface area contributed by atoms with E-state index in [1.807, 2.05) is 6.08 Å². The molecule has 0 N–H and O–H groups in total. The van der Waals surface area contributed by atoms with Gasteiger partial charge in [0.25, 0.3) is 0 Å². The van der Waals surface area contributed by atoms with Gasteiger partial charge >= 0.3 is 25.7 Å². The average molecular weight is 276 g/mol. The fourth-order valence-corrected chi connectivity index (χ4v) is 1.78. The van der Waals surface area contributed by atoms with Crippen molar-refractivity contribution < 1.29 is 25.7 Å². The molecular formula is C14H28O2Ti.